The second-order valence-electron chi connectivity index (χ2n) is 7.26. The van der Waals surface area contributed by atoms with Crippen LogP contribution in [0.2, 0.25) is 0 Å². The van der Waals surface area contributed by atoms with E-state index in [1.54, 1.807) is 0 Å². The highest BCUT2D eigenvalue weighted by atomic mass is 32.2. The average molecular weight is 415 g/mol. The third-order valence-electron chi connectivity index (χ3n) is 5.36. The molecule has 0 aromatic heterocycles. The van der Waals surface area contributed by atoms with E-state index in [4.69, 9.17) is 0 Å². The van der Waals surface area contributed by atoms with E-state index in [2.05, 4.69) is 5.32 Å². The predicted molar refractivity (Wildman–Crippen MR) is 93.2 cm³/mol. The van der Waals surface area contributed by atoms with Crippen LogP contribution in [0.5, 0.6) is 0 Å². The van der Waals surface area contributed by atoms with Gasteiger partial charge in [0.2, 0.25) is 0 Å². The third-order valence-corrected chi connectivity index (χ3v) is 7.34. The van der Waals surface area contributed by atoms with Gasteiger partial charge in [-0.1, -0.05) is 0 Å². The van der Waals surface area contributed by atoms with Crippen LogP contribution in [-0.2, 0) is 20.8 Å². The molecule has 1 unspecified atom stereocenters. The lowest BCUT2D eigenvalue weighted by Gasteiger charge is -2.37. The van der Waals surface area contributed by atoms with E-state index in [1.807, 2.05) is 0 Å². The van der Waals surface area contributed by atoms with Crippen molar-refractivity contribution >= 4 is 15.6 Å². The molecular weight excluding hydrogens is 398 g/mol. The number of allylic oxidation sites excluding steroid dienone is 4. The van der Waals surface area contributed by atoms with Gasteiger partial charge in [-0.05, 0) is 49.4 Å². The summed E-state index contributed by atoms with van der Waals surface area (Å²) in [7, 11) is -3.79. The van der Waals surface area contributed by atoms with Gasteiger partial charge in [0, 0.05) is 23.4 Å². The Bertz CT molecular complexity index is 1040. The van der Waals surface area contributed by atoms with Gasteiger partial charge in [-0.15, -0.1) is 0 Å². The molecule has 1 aromatic carbocycles. The average Bonchev–Trinajstić information content (AvgIpc) is 2.59. The summed E-state index contributed by atoms with van der Waals surface area (Å²) in [4.78, 5) is 12.5. The zero-order valence-electron chi connectivity index (χ0n) is 14.7. The number of rotatable bonds is 1. The fourth-order valence-corrected chi connectivity index (χ4v) is 6.13. The molecule has 9 heteroatoms. The summed E-state index contributed by atoms with van der Waals surface area (Å²) in [5, 5.41) is 3.05. The number of carbonyl (C=O) groups is 1. The molecule has 0 saturated heterocycles. The lowest BCUT2D eigenvalue weighted by Crippen LogP contribution is -2.37. The quantitative estimate of drug-likeness (QED) is 0.706. The summed E-state index contributed by atoms with van der Waals surface area (Å²) in [6.45, 7) is 0. The van der Waals surface area contributed by atoms with Crippen molar-refractivity contribution in [3.8, 4) is 0 Å². The summed E-state index contributed by atoms with van der Waals surface area (Å²) in [6, 6.07) is 2.01. The van der Waals surface area contributed by atoms with Crippen molar-refractivity contribution in [2.75, 3.05) is 5.75 Å². The first-order valence-electron chi connectivity index (χ1n) is 8.94. The molecule has 0 fully saturated rings. The SMILES string of the molecule is O=C1CCCC2=C1C(c1cc(F)cc(C(F)(F)F)c1)C1=C(CCCS1(=O)=O)N2. The lowest BCUT2D eigenvalue weighted by molar-refractivity contribution is -0.137. The standard InChI is InChI=1S/C19H17F4NO3S/c20-12-8-10(7-11(9-12)19(21,22)23)16-17-13(3-1-5-15(17)25)24-14-4-2-6-28(26,27)18(14)16/h7-9,16,24H,1-6H2. The van der Waals surface area contributed by atoms with Gasteiger partial charge >= 0.3 is 6.18 Å². The number of hydrogen-bond acceptors (Lipinski definition) is 4. The Morgan fingerprint density at radius 3 is 2.43 bits per heavy atom. The molecule has 1 atom stereocenters. The summed E-state index contributed by atoms with van der Waals surface area (Å²) in [6.07, 6.45) is -2.74. The minimum Gasteiger partial charge on any atom is -0.361 e. The van der Waals surface area contributed by atoms with Gasteiger partial charge in [-0.3, -0.25) is 4.79 Å². The topological polar surface area (TPSA) is 63.2 Å². The Labute approximate surface area is 159 Å². The molecule has 4 rings (SSSR count). The van der Waals surface area contributed by atoms with Crippen LogP contribution < -0.4 is 5.32 Å². The van der Waals surface area contributed by atoms with E-state index in [0.29, 0.717) is 43.1 Å². The first-order valence-corrected chi connectivity index (χ1v) is 10.6. The molecule has 2 aliphatic heterocycles. The molecule has 0 amide bonds. The summed E-state index contributed by atoms with van der Waals surface area (Å²) >= 11 is 0. The van der Waals surface area contributed by atoms with Crippen LogP contribution in [0.25, 0.3) is 0 Å². The van der Waals surface area contributed by atoms with Gasteiger partial charge in [-0.25, -0.2) is 12.8 Å². The monoisotopic (exact) mass is 415 g/mol. The molecular formula is C19H17F4NO3S. The van der Waals surface area contributed by atoms with Crippen molar-refractivity contribution in [3.63, 3.8) is 0 Å². The zero-order chi connectivity index (χ0) is 20.3. The van der Waals surface area contributed by atoms with E-state index >= 15 is 0 Å². The number of nitrogens with one attached hydrogen (secondary N) is 1. The maximum absolute atomic E-state index is 14.1. The fraction of sp³-hybridized carbons (Fsp3) is 0.421. The zero-order valence-corrected chi connectivity index (χ0v) is 15.5. The van der Waals surface area contributed by atoms with Crippen LogP contribution in [-0.4, -0.2) is 20.0 Å². The van der Waals surface area contributed by atoms with E-state index in [-0.39, 0.29) is 34.0 Å². The van der Waals surface area contributed by atoms with Crippen molar-refractivity contribution in [2.24, 2.45) is 0 Å². The number of alkyl halides is 3. The van der Waals surface area contributed by atoms with Crippen molar-refractivity contribution in [1.29, 1.82) is 0 Å². The van der Waals surface area contributed by atoms with Crippen molar-refractivity contribution in [3.05, 3.63) is 57.0 Å². The van der Waals surface area contributed by atoms with Crippen LogP contribution in [0, 0.1) is 5.82 Å². The Morgan fingerprint density at radius 1 is 1.00 bits per heavy atom. The van der Waals surface area contributed by atoms with Gasteiger partial charge in [0.15, 0.2) is 15.6 Å². The molecule has 150 valence electrons. The summed E-state index contributed by atoms with van der Waals surface area (Å²) in [5.41, 5.74) is -0.275. The van der Waals surface area contributed by atoms with Crippen LogP contribution >= 0.6 is 0 Å². The summed E-state index contributed by atoms with van der Waals surface area (Å²) in [5.74, 6) is -2.79. The molecule has 0 bridgehead atoms. The largest absolute Gasteiger partial charge is 0.416 e. The third kappa shape index (κ3) is 3.15. The second kappa shape index (κ2) is 6.43. The highest BCUT2D eigenvalue weighted by Gasteiger charge is 2.44. The Hall–Kier alpha value is -2.16. The molecule has 0 radical (unpaired) electrons. The van der Waals surface area contributed by atoms with Gasteiger partial charge in [0.1, 0.15) is 5.82 Å². The van der Waals surface area contributed by atoms with Gasteiger partial charge in [0.05, 0.1) is 22.1 Å². The molecule has 4 nitrogen and oxygen atoms in total. The summed E-state index contributed by atoms with van der Waals surface area (Å²) < 4.78 is 79.3. The second-order valence-corrected chi connectivity index (χ2v) is 9.34. The molecule has 28 heavy (non-hydrogen) atoms. The number of hydrogen-bond donors (Lipinski definition) is 1. The number of halogens is 4. The van der Waals surface area contributed by atoms with Crippen molar-refractivity contribution < 1.29 is 30.8 Å². The minimum atomic E-state index is -4.79. The fourth-order valence-electron chi connectivity index (χ4n) is 4.24. The van der Waals surface area contributed by atoms with E-state index < -0.39 is 33.3 Å². The lowest BCUT2D eigenvalue weighted by atomic mass is 9.78. The van der Waals surface area contributed by atoms with E-state index in [1.165, 1.54) is 0 Å². The number of Topliss-reactive ketones (excluding diaryl/α,β-unsaturated/α-hetero) is 1. The van der Waals surface area contributed by atoms with E-state index in [0.717, 1.165) is 12.1 Å². The first-order chi connectivity index (χ1) is 13.1. The Morgan fingerprint density at radius 2 is 1.71 bits per heavy atom. The van der Waals surface area contributed by atoms with Gasteiger partial charge in [-0.2, -0.15) is 13.2 Å². The normalized spacial score (nSPS) is 24.6. The maximum Gasteiger partial charge on any atom is 0.416 e. The molecule has 1 N–H and O–H groups in total. The van der Waals surface area contributed by atoms with Crippen LogP contribution in [0.3, 0.4) is 0 Å². The number of ketones is 1. The van der Waals surface area contributed by atoms with Crippen LogP contribution in [0.15, 0.2) is 40.1 Å². The minimum absolute atomic E-state index is 0.0912. The highest BCUT2D eigenvalue weighted by Crippen LogP contribution is 2.47. The van der Waals surface area contributed by atoms with Gasteiger partial charge < -0.3 is 5.32 Å². The number of benzene rings is 1. The van der Waals surface area contributed by atoms with Gasteiger partial charge in [0.25, 0.3) is 0 Å². The van der Waals surface area contributed by atoms with Crippen LogP contribution in [0.1, 0.15) is 49.1 Å². The van der Waals surface area contributed by atoms with Crippen LogP contribution in [0.4, 0.5) is 17.6 Å². The Kier molecular flexibility index (Phi) is 4.41. The number of sulfone groups is 1. The first kappa shape index (κ1) is 19.2. The number of carbonyl (C=O) groups excluding carboxylic acids is 1. The molecule has 3 aliphatic rings. The molecule has 0 saturated carbocycles. The highest BCUT2D eigenvalue weighted by molar-refractivity contribution is 7.95. The molecule has 0 spiro atoms. The smallest absolute Gasteiger partial charge is 0.361 e. The molecule has 2 heterocycles. The molecule has 1 aromatic rings. The van der Waals surface area contributed by atoms with Crippen molar-refractivity contribution in [1.82, 2.24) is 5.32 Å². The van der Waals surface area contributed by atoms with Crippen molar-refractivity contribution in [2.45, 2.75) is 44.2 Å². The predicted octanol–water partition coefficient (Wildman–Crippen LogP) is 3.96. The number of dihydropyridines is 1. The maximum atomic E-state index is 14.1. The molecule has 1 aliphatic carbocycles. The Balaban J connectivity index is 1.98. The van der Waals surface area contributed by atoms with E-state index in [9.17, 15) is 30.8 Å².